The normalized spacial score (nSPS) is 13.2. The molecule has 2 N–H and O–H groups in total. The summed E-state index contributed by atoms with van der Waals surface area (Å²) < 4.78 is 1.91. The predicted octanol–water partition coefficient (Wildman–Crippen LogP) is 3.95. The van der Waals surface area contributed by atoms with E-state index in [4.69, 9.17) is 11.6 Å². The number of para-hydroxylation sites is 1. The van der Waals surface area contributed by atoms with Crippen molar-refractivity contribution in [3.8, 4) is 5.69 Å². The molecule has 0 saturated heterocycles. The van der Waals surface area contributed by atoms with E-state index in [2.05, 4.69) is 15.7 Å². The molecule has 4 rings (SSSR count). The Hall–Kier alpha value is -3.12. The summed E-state index contributed by atoms with van der Waals surface area (Å²) in [4.78, 5) is 25.2. The lowest BCUT2D eigenvalue weighted by atomic mass is 10.1. The number of benzene rings is 2. The highest BCUT2D eigenvalue weighted by Crippen LogP contribution is 2.26. The van der Waals surface area contributed by atoms with Crippen molar-refractivity contribution in [3.63, 3.8) is 0 Å². The average Bonchev–Trinajstić information content (AvgIpc) is 2.98. The Bertz CT molecular complexity index is 1080. The van der Waals surface area contributed by atoms with Crippen LogP contribution in [-0.4, -0.2) is 34.7 Å². The van der Waals surface area contributed by atoms with Crippen LogP contribution in [-0.2, 0) is 12.8 Å². The molecule has 6 nitrogen and oxygen atoms in total. The van der Waals surface area contributed by atoms with Gasteiger partial charge < -0.3 is 10.6 Å². The molecule has 7 heteroatoms. The largest absolute Gasteiger partial charge is 0.350 e. The second kappa shape index (κ2) is 9.79. The first kappa shape index (κ1) is 21.1. The van der Waals surface area contributed by atoms with Crippen LogP contribution in [0.15, 0.2) is 54.6 Å². The third kappa shape index (κ3) is 4.80. The fourth-order valence-corrected chi connectivity index (χ4v) is 4.14. The fourth-order valence-electron chi connectivity index (χ4n) is 3.92. The molecule has 160 valence electrons. The van der Waals surface area contributed by atoms with Gasteiger partial charge in [-0.3, -0.25) is 9.59 Å². The highest BCUT2D eigenvalue weighted by Gasteiger charge is 2.24. The number of carbonyl (C=O) groups is 2. The highest BCUT2D eigenvalue weighted by molar-refractivity contribution is 6.33. The maximum Gasteiger partial charge on any atom is 0.272 e. The third-order valence-corrected chi connectivity index (χ3v) is 5.79. The number of fused-ring (bicyclic) bond motifs is 1. The molecule has 0 atom stereocenters. The van der Waals surface area contributed by atoms with Crippen LogP contribution >= 0.6 is 11.6 Å². The highest BCUT2D eigenvalue weighted by atomic mass is 35.5. The van der Waals surface area contributed by atoms with Gasteiger partial charge in [-0.05, 0) is 49.9 Å². The number of hydrogen-bond donors (Lipinski definition) is 2. The number of halogens is 1. The van der Waals surface area contributed by atoms with E-state index in [1.807, 2.05) is 35.0 Å². The molecular weight excluding hydrogens is 412 g/mol. The number of aromatic nitrogens is 2. The number of carbonyl (C=O) groups excluding carboxylic acids is 2. The molecule has 0 unspecified atom stereocenters. The molecule has 3 aromatic rings. The van der Waals surface area contributed by atoms with Crippen molar-refractivity contribution in [2.45, 2.75) is 32.1 Å². The predicted molar refractivity (Wildman–Crippen MR) is 121 cm³/mol. The van der Waals surface area contributed by atoms with E-state index in [9.17, 15) is 9.59 Å². The van der Waals surface area contributed by atoms with E-state index in [-0.39, 0.29) is 11.8 Å². The van der Waals surface area contributed by atoms with Gasteiger partial charge in [0.1, 0.15) is 0 Å². The van der Waals surface area contributed by atoms with E-state index in [1.165, 1.54) is 0 Å². The minimum Gasteiger partial charge on any atom is -0.350 e. The molecule has 0 saturated carbocycles. The van der Waals surface area contributed by atoms with Crippen molar-refractivity contribution in [2.75, 3.05) is 13.1 Å². The van der Waals surface area contributed by atoms with Crippen molar-refractivity contribution >= 4 is 23.4 Å². The van der Waals surface area contributed by atoms with Crippen LogP contribution in [0.3, 0.4) is 0 Å². The second-order valence-corrected chi connectivity index (χ2v) is 7.98. The van der Waals surface area contributed by atoms with Crippen LogP contribution in [0, 0.1) is 0 Å². The molecule has 1 heterocycles. The topological polar surface area (TPSA) is 76.0 Å². The summed E-state index contributed by atoms with van der Waals surface area (Å²) in [5, 5.41) is 10.8. The molecule has 2 amide bonds. The fraction of sp³-hybridized carbons (Fsp3) is 0.292. The van der Waals surface area contributed by atoms with E-state index < -0.39 is 0 Å². The minimum absolute atomic E-state index is 0.208. The van der Waals surface area contributed by atoms with Gasteiger partial charge in [-0.15, -0.1) is 0 Å². The lowest BCUT2D eigenvalue weighted by Gasteiger charge is -2.08. The zero-order valence-corrected chi connectivity index (χ0v) is 18.0. The molecule has 0 spiro atoms. The van der Waals surface area contributed by atoms with Gasteiger partial charge in [0.2, 0.25) is 0 Å². The number of nitrogens with one attached hydrogen (secondary N) is 2. The summed E-state index contributed by atoms with van der Waals surface area (Å²) >= 11 is 6.05. The molecule has 1 aliphatic carbocycles. The lowest BCUT2D eigenvalue weighted by molar-refractivity contribution is 0.0924. The Balaban J connectivity index is 1.43. The molecule has 0 bridgehead atoms. The Morgan fingerprint density at radius 1 is 0.871 bits per heavy atom. The SMILES string of the molecule is O=C(NCCNC(=O)c1nn(-c2ccccc2)c2c1CCCCC2)c1ccccc1Cl. The van der Waals surface area contributed by atoms with E-state index in [1.54, 1.807) is 24.3 Å². The van der Waals surface area contributed by atoms with E-state index >= 15 is 0 Å². The summed E-state index contributed by atoms with van der Waals surface area (Å²) in [5.74, 6) is -0.470. The van der Waals surface area contributed by atoms with Crippen molar-refractivity contribution in [3.05, 3.63) is 82.1 Å². The van der Waals surface area contributed by atoms with Crippen LogP contribution in [0.4, 0.5) is 0 Å². The Morgan fingerprint density at radius 2 is 1.55 bits per heavy atom. The summed E-state index contributed by atoms with van der Waals surface area (Å²) in [6, 6.07) is 16.8. The quantitative estimate of drug-likeness (QED) is 0.453. The van der Waals surface area contributed by atoms with Gasteiger partial charge in [0.25, 0.3) is 11.8 Å². The smallest absolute Gasteiger partial charge is 0.272 e. The van der Waals surface area contributed by atoms with E-state index in [0.717, 1.165) is 49.0 Å². The first-order chi connectivity index (χ1) is 15.1. The molecule has 31 heavy (non-hydrogen) atoms. The maximum atomic E-state index is 12.9. The third-order valence-electron chi connectivity index (χ3n) is 5.46. The molecule has 0 aliphatic heterocycles. The van der Waals surface area contributed by atoms with Crippen LogP contribution in [0.25, 0.3) is 5.69 Å². The minimum atomic E-state index is -0.262. The standard InChI is InChI=1S/C24H25ClN4O2/c25-20-13-8-7-11-18(20)23(30)26-15-16-27-24(31)22-19-12-5-2-6-14-21(19)29(28-22)17-9-3-1-4-10-17/h1,3-4,7-11,13H,2,5-6,12,14-16H2,(H,26,30)(H,27,31). The molecule has 1 aliphatic rings. The second-order valence-electron chi connectivity index (χ2n) is 7.57. The number of nitrogens with zero attached hydrogens (tertiary/aromatic N) is 2. The first-order valence-electron chi connectivity index (χ1n) is 10.6. The van der Waals surface area contributed by atoms with Crippen LogP contribution < -0.4 is 10.6 Å². The molecule has 0 radical (unpaired) electrons. The molecule has 1 aromatic heterocycles. The Morgan fingerprint density at radius 3 is 2.32 bits per heavy atom. The monoisotopic (exact) mass is 436 g/mol. The molecule has 2 aromatic carbocycles. The summed E-state index contributed by atoms with van der Waals surface area (Å²) in [7, 11) is 0. The van der Waals surface area contributed by atoms with Crippen LogP contribution in [0.2, 0.25) is 5.02 Å². The van der Waals surface area contributed by atoms with Gasteiger partial charge in [0.05, 0.1) is 16.3 Å². The summed E-state index contributed by atoms with van der Waals surface area (Å²) in [6.07, 6.45) is 5.08. The Labute approximate surface area is 186 Å². The average molecular weight is 437 g/mol. The van der Waals surface area contributed by atoms with Gasteiger partial charge >= 0.3 is 0 Å². The first-order valence-corrected chi connectivity index (χ1v) is 11.0. The number of hydrogen-bond acceptors (Lipinski definition) is 3. The van der Waals surface area contributed by atoms with Crippen molar-refractivity contribution in [2.24, 2.45) is 0 Å². The summed E-state index contributed by atoms with van der Waals surface area (Å²) in [6.45, 7) is 0.610. The number of rotatable bonds is 6. The van der Waals surface area contributed by atoms with Crippen LogP contribution in [0.5, 0.6) is 0 Å². The van der Waals surface area contributed by atoms with Gasteiger partial charge in [-0.2, -0.15) is 5.10 Å². The number of amides is 2. The van der Waals surface area contributed by atoms with Crippen LogP contribution in [0.1, 0.15) is 51.4 Å². The zero-order chi connectivity index (χ0) is 21.6. The zero-order valence-electron chi connectivity index (χ0n) is 17.2. The Kier molecular flexibility index (Phi) is 6.67. The van der Waals surface area contributed by atoms with Gasteiger partial charge in [-0.1, -0.05) is 48.4 Å². The van der Waals surface area contributed by atoms with Gasteiger partial charge in [0.15, 0.2) is 5.69 Å². The lowest BCUT2D eigenvalue weighted by Crippen LogP contribution is -2.35. The molecule has 0 fully saturated rings. The van der Waals surface area contributed by atoms with Gasteiger partial charge in [-0.25, -0.2) is 4.68 Å². The van der Waals surface area contributed by atoms with Crippen molar-refractivity contribution in [1.82, 2.24) is 20.4 Å². The van der Waals surface area contributed by atoms with Gasteiger partial charge in [0, 0.05) is 24.3 Å². The van der Waals surface area contributed by atoms with Crippen molar-refractivity contribution in [1.29, 1.82) is 0 Å². The maximum absolute atomic E-state index is 12.9. The van der Waals surface area contributed by atoms with E-state index in [0.29, 0.717) is 29.4 Å². The van der Waals surface area contributed by atoms with Crippen molar-refractivity contribution < 1.29 is 9.59 Å². The molecular formula is C24H25ClN4O2. The summed E-state index contributed by atoms with van der Waals surface area (Å²) in [5.41, 5.74) is 4.03.